The van der Waals surface area contributed by atoms with Gasteiger partial charge in [-0.2, -0.15) is 0 Å². The fourth-order valence-corrected chi connectivity index (χ4v) is 3.91. The van der Waals surface area contributed by atoms with Gasteiger partial charge in [-0.15, -0.1) is 11.3 Å². The van der Waals surface area contributed by atoms with E-state index in [1.165, 1.54) is 35.6 Å². The maximum atomic E-state index is 12.4. The fourth-order valence-electron chi connectivity index (χ4n) is 2.47. The zero-order valence-corrected chi connectivity index (χ0v) is 16.1. The van der Waals surface area contributed by atoms with Crippen molar-refractivity contribution >= 4 is 50.5 Å². The highest BCUT2D eigenvalue weighted by Crippen LogP contribution is 2.37. The van der Waals surface area contributed by atoms with Crippen molar-refractivity contribution in [1.82, 2.24) is 10.9 Å². The summed E-state index contributed by atoms with van der Waals surface area (Å²) in [5.74, 6) is -0.364. The van der Waals surface area contributed by atoms with Gasteiger partial charge in [0.25, 0.3) is 11.6 Å². The van der Waals surface area contributed by atoms with Crippen molar-refractivity contribution in [1.29, 1.82) is 0 Å². The smallest absolute Gasteiger partial charge is 0.281 e. The van der Waals surface area contributed by atoms with Gasteiger partial charge < -0.3 is 4.74 Å². The third kappa shape index (κ3) is 4.21. The number of nitrogens with zero attached hydrogens (tertiary/aromatic N) is 1. The number of carbonyl (C=O) groups excluding carboxylic acids is 2. The summed E-state index contributed by atoms with van der Waals surface area (Å²) in [5.41, 5.74) is 5.15. The first-order valence-corrected chi connectivity index (χ1v) is 9.17. The van der Waals surface area contributed by atoms with E-state index < -0.39 is 16.7 Å². The van der Waals surface area contributed by atoms with Crippen molar-refractivity contribution in [3.8, 4) is 5.75 Å². The lowest BCUT2D eigenvalue weighted by molar-refractivity contribution is -0.384. The van der Waals surface area contributed by atoms with E-state index in [-0.39, 0.29) is 17.0 Å². The molecule has 3 aromatic rings. The molecule has 144 valence electrons. The van der Waals surface area contributed by atoms with E-state index in [0.717, 1.165) is 10.1 Å². The van der Waals surface area contributed by atoms with Crippen LogP contribution in [0.3, 0.4) is 0 Å². The number of benzene rings is 2. The van der Waals surface area contributed by atoms with Crippen molar-refractivity contribution in [2.24, 2.45) is 0 Å². The van der Waals surface area contributed by atoms with Crippen molar-refractivity contribution in [2.75, 3.05) is 7.11 Å². The summed E-state index contributed by atoms with van der Waals surface area (Å²) in [6.07, 6.45) is -0.0460. The van der Waals surface area contributed by atoms with Gasteiger partial charge in [-0.25, -0.2) is 0 Å². The van der Waals surface area contributed by atoms with Gasteiger partial charge in [-0.05, 0) is 23.8 Å². The molecule has 1 aromatic heterocycles. The van der Waals surface area contributed by atoms with Crippen LogP contribution >= 0.6 is 22.9 Å². The molecule has 0 atom stereocenters. The maximum Gasteiger partial charge on any atom is 0.281 e. The number of fused-ring (bicyclic) bond motifs is 1. The number of nitrogens with one attached hydrogen (secondary N) is 2. The van der Waals surface area contributed by atoms with Crippen LogP contribution in [0, 0.1) is 10.1 Å². The lowest BCUT2D eigenvalue weighted by atomic mass is 10.1. The molecule has 0 aliphatic carbocycles. The predicted octanol–water partition coefficient (Wildman–Crippen LogP) is 3.48. The Balaban J connectivity index is 1.63. The molecule has 0 unspecified atom stereocenters. The van der Waals surface area contributed by atoms with Gasteiger partial charge in [-0.3, -0.25) is 30.6 Å². The summed E-state index contributed by atoms with van der Waals surface area (Å²) >= 11 is 7.46. The Morgan fingerprint density at radius 3 is 2.54 bits per heavy atom. The maximum absolute atomic E-state index is 12.4. The van der Waals surface area contributed by atoms with Crippen molar-refractivity contribution in [3.05, 3.63) is 68.0 Å². The molecule has 0 radical (unpaired) electrons. The number of rotatable bonds is 5. The monoisotopic (exact) mass is 419 g/mol. The standard InChI is InChI=1S/C18H14ClN3O5S/c1-27-12-6-7-13-14(9-12)28-17(16(13)19)18(24)21-20-15(23)8-10-2-4-11(5-3-10)22(25)26/h2-7,9H,8H2,1H3,(H,20,23)(H,21,24). The summed E-state index contributed by atoms with van der Waals surface area (Å²) in [5, 5.41) is 11.7. The Kier molecular flexibility index (Phi) is 5.76. The fraction of sp³-hybridized carbons (Fsp3) is 0.111. The topological polar surface area (TPSA) is 111 Å². The largest absolute Gasteiger partial charge is 0.497 e. The highest BCUT2D eigenvalue weighted by Gasteiger charge is 2.18. The number of hydrogen-bond donors (Lipinski definition) is 2. The number of ether oxygens (including phenoxy) is 1. The number of hydrogen-bond acceptors (Lipinski definition) is 6. The van der Waals surface area contributed by atoms with Crippen LogP contribution in [0.1, 0.15) is 15.2 Å². The predicted molar refractivity (Wildman–Crippen MR) is 106 cm³/mol. The van der Waals surface area contributed by atoms with Crippen molar-refractivity contribution < 1.29 is 19.2 Å². The lowest BCUT2D eigenvalue weighted by Gasteiger charge is -2.06. The van der Waals surface area contributed by atoms with E-state index >= 15 is 0 Å². The molecule has 8 nitrogen and oxygen atoms in total. The first kappa shape index (κ1) is 19.6. The van der Waals surface area contributed by atoms with E-state index in [2.05, 4.69) is 10.9 Å². The van der Waals surface area contributed by atoms with E-state index in [4.69, 9.17) is 16.3 Å². The zero-order chi connectivity index (χ0) is 20.3. The van der Waals surface area contributed by atoms with E-state index in [1.807, 2.05) is 0 Å². The minimum atomic E-state index is -0.540. The molecule has 1 heterocycles. The number of halogens is 1. The molecule has 3 rings (SSSR count). The molecule has 0 aliphatic rings. The Morgan fingerprint density at radius 2 is 1.89 bits per heavy atom. The number of hydrazine groups is 1. The van der Waals surface area contributed by atoms with Crippen molar-refractivity contribution in [2.45, 2.75) is 6.42 Å². The number of amides is 2. The van der Waals surface area contributed by atoms with E-state index in [9.17, 15) is 19.7 Å². The highest BCUT2D eigenvalue weighted by atomic mass is 35.5. The van der Waals surface area contributed by atoms with Gasteiger partial charge >= 0.3 is 0 Å². The SMILES string of the molecule is COc1ccc2c(Cl)c(C(=O)NNC(=O)Cc3ccc([N+](=O)[O-])cc3)sc2c1. The van der Waals surface area contributed by atoms with Gasteiger partial charge in [0.05, 0.1) is 23.5 Å². The van der Waals surface area contributed by atoms with Gasteiger partial charge in [0.15, 0.2) is 0 Å². The van der Waals surface area contributed by atoms with Crippen LogP contribution in [0.2, 0.25) is 5.02 Å². The average molecular weight is 420 g/mol. The van der Waals surface area contributed by atoms with Crippen LogP contribution in [-0.2, 0) is 11.2 Å². The Bertz CT molecular complexity index is 1070. The number of carbonyl (C=O) groups is 2. The third-order valence-electron chi connectivity index (χ3n) is 3.87. The van der Waals surface area contributed by atoms with E-state index in [1.54, 1.807) is 25.3 Å². The first-order chi connectivity index (χ1) is 13.4. The van der Waals surface area contributed by atoms with Crippen LogP contribution in [0.15, 0.2) is 42.5 Å². The summed E-state index contributed by atoms with van der Waals surface area (Å²) in [4.78, 5) is 34.7. The number of thiophene rings is 1. The molecule has 0 saturated heterocycles. The summed E-state index contributed by atoms with van der Waals surface area (Å²) in [7, 11) is 1.55. The van der Waals surface area contributed by atoms with Crippen LogP contribution < -0.4 is 15.6 Å². The Morgan fingerprint density at radius 1 is 1.18 bits per heavy atom. The molecule has 2 N–H and O–H groups in total. The molecular weight excluding hydrogens is 406 g/mol. The molecule has 0 spiro atoms. The second-order valence-corrected chi connectivity index (χ2v) is 7.14. The van der Waals surface area contributed by atoms with Crippen LogP contribution in [0.5, 0.6) is 5.75 Å². The zero-order valence-electron chi connectivity index (χ0n) is 14.5. The van der Waals surface area contributed by atoms with Gasteiger partial charge in [0.2, 0.25) is 5.91 Å². The molecule has 0 saturated carbocycles. The van der Waals surface area contributed by atoms with Crippen LogP contribution in [0.25, 0.3) is 10.1 Å². The van der Waals surface area contributed by atoms with Gasteiger partial charge in [0, 0.05) is 22.2 Å². The average Bonchev–Trinajstić information content (AvgIpc) is 3.02. The molecular formula is C18H14ClN3O5S. The van der Waals surface area contributed by atoms with Gasteiger partial charge in [-0.1, -0.05) is 23.7 Å². The second kappa shape index (κ2) is 8.24. The van der Waals surface area contributed by atoms with Gasteiger partial charge in [0.1, 0.15) is 10.6 Å². The molecule has 2 aromatic carbocycles. The molecule has 28 heavy (non-hydrogen) atoms. The second-order valence-electron chi connectivity index (χ2n) is 5.71. The normalized spacial score (nSPS) is 10.5. The minimum absolute atomic E-state index is 0.0460. The lowest BCUT2D eigenvalue weighted by Crippen LogP contribution is -2.42. The quantitative estimate of drug-likeness (QED) is 0.486. The van der Waals surface area contributed by atoms with Crippen LogP contribution in [-0.4, -0.2) is 23.8 Å². The Labute approximate surface area is 168 Å². The molecule has 10 heteroatoms. The summed E-state index contributed by atoms with van der Waals surface area (Å²) in [6.45, 7) is 0. The molecule has 2 amide bonds. The number of methoxy groups -OCH3 is 1. The molecule has 0 fully saturated rings. The first-order valence-electron chi connectivity index (χ1n) is 7.97. The number of nitro benzene ring substituents is 1. The highest BCUT2D eigenvalue weighted by molar-refractivity contribution is 7.21. The molecule has 0 bridgehead atoms. The van der Waals surface area contributed by atoms with E-state index in [0.29, 0.717) is 16.3 Å². The summed E-state index contributed by atoms with van der Waals surface area (Å²) in [6, 6.07) is 10.9. The third-order valence-corrected chi connectivity index (χ3v) is 5.53. The number of non-ortho nitro benzene ring substituents is 1. The van der Waals surface area contributed by atoms with Crippen molar-refractivity contribution in [3.63, 3.8) is 0 Å². The molecule has 0 aliphatic heterocycles. The summed E-state index contributed by atoms with van der Waals surface area (Å²) < 4.78 is 5.94. The number of nitro groups is 1. The van der Waals surface area contributed by atoms with Crippen LogP contribution in [0.4, 0.5) is 5.69 Å². The Hall–Kier alpha value is -3.17. The minimum Gasteiger partial charge on any atom is -0.497 e.